The van der Waals surface area contributed by atoms with Gasteiger partial charge in [-0.05, 0) is 0 Å². The van der Waals surface area contributed by atoms with Gasteiger partial charge in [-0.3, -0.25) is 0 Å². The standard InChI is InChI=1S/Al.Cu.Fe.Zn.3H. The Morgan fingerprint density at radius 2 is 1.00 bits per heavy atom. The van der Waals surface area contributed by atoms with Crippen LogP contribution in [0.3, 0.4) is 0 Å². The van der Waals surface area contributed by atoms with Gasteiger partial charge in [-0.2, -0.15) is 0 Å². The van der Waals surface area contributed by atoms with E-state index >= 15 is 0 Å². The van der Waals surface area contributed by atoms with Crippen LogP contribution >= 0.6 is 0 Å². The summed E-state index contributed by atoms with van der Waals surface area (Å²) in [4.78, 5) is 0. The van der Waals surface area contributed by atoms with Crippen molar-refractivity contribution in [3.05, 3.63) is 0 Å². The molecule has 4 heavy (non-hydrogen) atoms. The minimum atomic E-state index is 0. The van der Waals surface area contributed by atoms with Crippen LogP contribution in [0.4, 0.5) is 0 Å². The molecule has 0 spiro atoms. The van der Waals surface area contributed by atoms with Gasteiger partial charge in [0.1, 0.15) is 0 Å². The van der Waals surface area contributed by atoms with Crippen molar-refractivity contribution in [2.45, 2.75) is 0 Å². The molecule has 0 rings (SSSR count). The zero-order valence-corrected chi connectivity index (χ0v) is 6.38. The number of rotatable bonds is 0. The van der Waals surface area contributed by atoms with E-state index in [1.807, 2.05) is 0 Å². The Morgan fingerprint density at radius 1 is 1.00 bits per heavy atom. The fraction of sp³-hybridized carbons (Fsp3) is 0. The van der Waals surface area contributed by atoms with E-state index < -0.39 is 0 Å². The van der Waals surface area contributed by atoms with E-state index in [0.717, 1.165) is 0 Å². The van der Waals surface area contributed by atoms with E-state index in [9.17, 15) is 0 Å². The molecule has 0 fully saturated rings. The normalized spacial score (nSPS) is 0. The maximum atomic E-state index is 0. The number of hydrogen-bond acceptors (Lipinski definition) is 0. The summed E-state index contributed by atoms with van der Waals surface area (Å²) in [6.07, 6.45) is 0. The Balaban J connectivity index is 0. The SMILES string of the molecule is [AlH3].[Cu].[Fe].[Zn]. The minimum Gasteiger partial charge on any atom is 0 e. The Morgan fingerprint density at radius 3 is 1.00 bits per heavy atom. The molecule has 0 aliphatic rings. The molecule has 4 heteroatoms. The van der Waals surface area contributed by atoms with Crippen LogP contribution in [0.25, 0.3) is 0 Å². The summed E-state index contributed by atoms with van der Waals surface area (Å²) in [6.45, 7) is 0. The fourth-order valence-electron chi connectivity index (χ4n) is 0. The van der Waals surface area contributed by atoms with Crippen molar-refractivity contribution in [3.63, 3.8) is 0 Å². The second kappa shape index (κ2) is 19.0. The molecule has 0 saturated heterocycles. The molecule has 0 heterocycles. The molecule has 27 valence electrons. The largest absolute Gasteiger partial charge is 0.187 e. The van der Waals surface area contributed by atoms with Crippen LogP contribution in [0.5, 0.6) is 0 Å². The monoisotopic (exact) mass is 213 g/mol. The Bertz CT molecular complexity index is 8.00. The molecular formula is H3AlCuFeZn. The third-order valence-electron chi connectivity index (χ3n) is 0. The van der Waals surface area contributed by atoms with Gasteiger partial charge in [0.25, 0.3) is 0 Å². The molecule has 0 amide bonds. The molecule has 0 bridgehead atoms. The van der Waals surface area contributed by atoms with E-state index in [-0.39, 0.29) is 71.0 Å². The first-order valence-electron chi connectivity index (χ1n) is 0. The predicted molar refractivity (Wildman–Crippen MR) is 9.94 cm³/mol. The van der Waals surface area contributed by atoms with E-state index in [2.05, 4.69) is 0 Å². The van der Waals surface area contributed by atoms with Crippen LogP contribution in [-0.4, -0.2) is 17.4 Å². The molecule has 0 nitrogen and oxygen atoms in total. The molecule has 0 atom stereocenters. The smallest absolute Gasteiger partial charge is 0 e. The summed E-state index contributed by atoms with van der Waals surface area (Å²) < 4.78 is 0. The van der Waals surface area contributed by atoms with Gasteiger partial charge in [-0.1, -0.05) is 0 Å². The van der Waals surface area contributed by atoms with Crippen molar-refractivity contribution in [1.82, 2.24) is 0 Å². The van der Waals surface area contributed by atoms with E-state index in [1.54, 1.807) is 0 Å². The van der Waals surface area contributed by atoms with Crippen molar-refractivity contribution >= 4 is 17.4 Å². The fourth-order valence-corrected chi connectivity index (χ4v) is 0. The summed E-state index contributed by atoms with van der Waals surface area (Å²) in [5.74, 6) is 0. The second-order valence-electron chi connectivity index (χ2n) is 0. The van der Waals surface area contributed by atoms with Gasteiger partial charge >= 0.3 is 0 Å². The maximum Gasteiger partial charge on any atom is 0.187 e. The summed E-state index contributed by atoms with van der Waals surface area (Å²) in [5, 5.41) is 0. The van der Waals surface area contributed by atoms with Crippen molar-refractivity contribution in [1.29, 1.82) is 0 Å². The molecule has 0 aliphatic carbocycles. The van der Waals surface area contributed by atoms with Crippen molar-refractivity contribution < 1.29 is 53.6 Å². The van der Waals surface area contributed by atoms with E-state index in [1.165, 1.54) is 0 Å². The third kappa shape index (κ3) is 8.89. The maximum absolute atomic E-state index is 0. The summed E-state index contributed by atoms with van der Waals surface area (Å²) >= 11 is 0. The molecule has 0 aromatic carbocycles. The third-order valence-corrected chi connectivity index (χ3v) is 0. The average Bonchev–Trinajstić information content (AvgIpc) is 0. The second-order valence-corrected chi connectivity index (χ2v) is 0. The topological polar surface area (TPSA) is 0 Å². The summed E-state index contributed by atoms with van der Waals surface area (Å²) in [5.41, 5.74) is 0. The van der Waals surface area contributed by atoms with Gasteiger partial charge in [0.2, 0.25) is 0 Å². The quantitative estimate of drug-likeness (QED) is 0.445. The van der Waals surface area contributed by atoms with E-state index in [4.69, 9.17) is 0 Å². The van der Waals surface area contributed by atoms with Crippen LogP contribution in [0.15, 0.2) is 0 Å². The van der Waals surface area contributed by atoms with Crippen LogP contribution in [0.2, 0.25) is 0 Å². The predicted octanol–water partition coefficient (Wildman–Crippen LogP) is -1.19. The van der Waals surface area contributed by atoms with Crippen LogP contribution < -0.4 is 0 Å². The molecule has 0 N–H and O–H groups in total. The van der Waals surface area contributed by atoms with Gasteiger partial charge in [0.05, 0.1) is 0 Å². The Labute approximate surface area is 70.3 Å². The van der Waals surface area contributed by atoms with Crippen LogP contribution in [0.1, 0.15) is 0 Å². The Hall–Kier alpha value is 2.19. The zero-order valence-electron chi connectivity index (χ0n) is 1.36. The summed E-state index contributed by atoms with van der Waals surface area (Å²) in [6, 6.07) is 0. The minimum absolute atomic E-state index is 0. The molecule has 0 aromatic rings. The van der Waals surface area contributed by atoms with E-state index in [0.29, 0.717) is 0 Å². The zero-order chi connectivity index (χ0) is 0. The van der Waals surface area contributed by atoms with Gasteiger partial charge < -0.3 is 0 Å². The molecular weight excluding hydrogens is 212 g/mol. The molecule has 0 aromatic heterocycles. The number of hydrogen-bond donors (Lipinski definition) is 0. The summed E-state index contributed by atoms with van der Waals surface area (Å²) in [7, 11) is 0. The van der Waals surface area contributed by atoms with Crippen molar-refractivity contribution in [2.24, 2.45) is 0 Å². The average molecular weight is 215 g/mol. The molecule has 0 aliphatic heterocycles. The van der Waals surface area contributed by atoms with Crippen LogP contribution in [-0.2, 0) is 53.6 Å². The molecule has 0 unspecified atom stereocenters. The van der Waals surface area contributed by atoms with Crippen molar-refractivity contribution in [2.75, 3.05) is 0 Å². The first kappa shape index (κ1) is 34.7. The van der Waals surface area contributed by atoms with Gasteiger partial charge in [0.15, 0.2) is 17.4 Å². The Kier molecular flexibility index (Phi) is 165. The van der Waals surface area contributed by atoms with Gasteiger partial charge in [-0.25, -0.2) is 0 Å². The van der Waals surface area contributed by atoms with Crippen molar-refractivity contribution in [3.8, 4) is 0 Å². The first-order chi connectivity index (χ1) is 0. The van der Waals surface area contributed by atoms with Gasteiger partial charge in [-0.15, -0.1) is 0 Å². The molecule has 1 radical (unpaired) electrons. The molecule has 0 saturated carbocycles. The van der Waals surface area contributed by atoms with Gasteiger partial charge in [0, 0.05) is 53.6 Å². The first-order valence-corrected chi connectivity index (χ1v) is 0. The van der Waals surface area contributed by atoms with Crippen LogP contribution in [0, 0.1) is 0 Å².